The lowest BCUT2D eigenvalue weighted by Crippen LogP contribution is -2.70. The molecule has 1 aromatic rings. The van der Waals surface area contributed by atoms with Crippen LogP contribution >= 0.6 is 0 Å². The number of carbonyl (C=O) groups excluding carboxylic acids is 2. The third kappa shape index (κ3) is 4.46. The quantitative estimate of drug-likeness (QED) is 0.162. The van der Waals surface area contributed by atoms with Crippen LogP contribution in [0.3, 0.4) is 0 Å². The van der Waals surface area contributed by atoms with E-state index in [-0.39, 0.29) is 65.6 Å². The van der Waals surface area contributed by atoms with E-state index in [1.807, 2.05) is 0 Å². The van der Waals surface area contributed by atoms with Crippen LogP contribution in [-0.4, -0.2) is 63.2 Å². The minimum Gasteiger partial charge on any atom is -0.508 e. The molecule has 5 rings (SSSR count). The summed E-state index contributed by atoms with van der Waals surface area (Å²) in [7, 11) is 0. The standard InChI is InChI=1S/C31H44N4O7/c1-16-8-9-23-29(3,4)24(41-17(2)36)10-11-31(23)30(16,5)14-19-22(37)13-18-20(25(19)42-31)15-35(26(18)38)21(27(39)40)7-6-12-34-28(32)33/h13,16,21,23-24,37H,6-12,14-15H2,1-5H3,(H,39,40)(H4,32,33,34)/t16-,21?,23-,24-,30+,31-/m0/s1. The SMILES string of the molecule is CC(=O)O[C@H]1CC[C@@]23Oc4c(c(O)cc5c4CN(C(CCCN=C(N)N)C(=O)O)C5=O)C[C@]2(C)[C@@H](C)CC[C@H]3C1(C)C. The van der Waals surface area contributed by atoms with Crippen LogP contribution in [0.25, 0.3) is 0 Å². The summed E-state index contributed by atoms with van der Waals surface area (Å²) in [5, 5.41) is 21.3. The minimum absolute atomic E-state index is 0.00293. The van der Waals surface area contributed by atoms with Crippen LogP contribution in [0.1, 0.15) is 94.6 Å². The summed E-state index contributed by atoms with van der Waals surface area (Å²) in [5.41, 5.74) is 11.1. The number of carboxylic acids is 1. The lowest BCUT2D eigenvalue weighted by atomic mass is 9.43. The van der Waals surface area contributed by atoms with Crippen LogP contribution < -0.4 is 16.2 Å². The van der Waals surface area contributed by atoms with E-state index in [0.29, 0.717) is 48.5 Å². The number of nitrogens with two attached hydrogens (primary N) is 2. The molecule has 230 valence electrons. The number of rotatable bonds is 7. The molecule has 2 aliphatic carbocycles. The number of aromatic hydroxyl groups is 1. The number of carboxylic acid groups (broad SMARTS) is 1. The average molecular weight is 585 g/mol. The van der Waals surface area contributed by atoms with E-state index in [9.17, 15) is 24.6 Å². The summed E-state index contributed by atoms with van der Waals surface area (Å²) in [5.74, 6) is -1.06. The number of carbonyl (C=O) groups is 3. The van der Waals surface area contributed by atoms with Crippen molar-refractivity contribution in [1.82, 2.24) is 4.90 Å². The number of esters is 1. The molecule has 0 aromatic heterocycles. The van der Waals surface area contributed by atoms with E-state index >= 15 is 0 Å². The lowest BCUT2D eigenvalue weighted by molar-refractivity contribution is -0.238. The smallest absolute Gasteiger partial charge is 0.326 e. The Morgan fingerprint density at radius 3 is 2.57 bits per heavy atom. The number of hydrogen-bond donors (Lipinski definition) is 4. The number of ether oxygens (including phenoxy) is 2. The second kappa shape index (κ2) is 10.3. The molecule has 42 heavy (non-hydrogen) atoms. The molecule has 0 saturated heterocycles. The second-order valence-electron chi connectivity index (χ2n) is 13.5. The Morgan fingerprint density at radius 2 is 1.93 bits per heavy atom. The summed E-state index contributed by atoms with van der Waals surface area (Å²) in [4.78, 5) is 43.2. The summed E-state index contributed by atoms with van der Waals surface area (Å²) >= 11 is 0. The van der Waals surface area contributed by atoms with E-state index in [2.05, 4.69) is 32.7 Å². The summed E-state index contributed by atoms with van der Waals surface area (Å²) in [6.45, 7) is 10.6. The molecule has 2 heterocycles. The number of nitrogens with zero attached hydrogens (tertiary/aromatic N) is 2. The number of phenolic OH excluding ortho intramolecular Hbond substituents is 1. The van der Waals surface area contributed by atoms with Crippen LogP contribution in [0.5, 0.6) is 11.5 Å². The molecule has 2 fully saturated rings. The lowest BCUT2D eigenvalue weighted by Gasteiger charge is -2.67. The summed E-state index contributed by atoms with van der Waals surface area (Å²) in [6, 6.07) is 0.399. The topological polar surface area (TPSA) is 178 Å². The fraction of sp³-hybridized carbons (Fsp3) is 0.677. The first-order valence-electron chi connectivity index (χ1n) is 15.0. The Kier molecular flexibility index (Phi) is 7.38. The fourth-order valence-electron chi connectivity index (χ4n) is 8.61. The van der Waals surface area contributed by atoms with Crippen molar-refractivity contribution in [1.29, 1.82) is 0 Å². The minimum atomic E-state index is -1.11. The van der Waals surface area contributed by atoms with Crippen LogP contribution in [0, 0.1) is 22.7 Å². The highest BCUT2D eigenvalue weighted by molar-refractivity contribution is 6.02. The Hall–Kier alpha value is -3.50. The number of hydrogen-bond acceptors (Lipinski definition) is 7. The molecule has 6 N–H and O–H groups in total. The summed E-state index contributed by atoms with van der Waals surface area (Å²) < 4.78 is 13.0. The Balaban J connectivity index is 1.54. The molecule has 11 nitrogen and oxygen atoms in total. The third-order valence-electron chi connectivity index (χ3n) is 11.0. The van der Waals surface area contributed by atoms with Crippen molar-refractivity contribution < 1.29 is 34.1 Å². The Labute approximate surface area is 246 Å². The van der Waals surface area contributed by atoms with Gasteiger partial charge in [-0.1, -0.05) is 27.7 Å². The van der Waals surface area contributed by atoms with E-state index in [4.69, 9.17) is 20.9 Å². The molecular formula is C31H44N4O7. The Morgan fingerprint density at radius 1 is 1.21 bits per heavy atom. The van der Waals surface area contributed by atoms with Gasteiger partial charge in [0.25, 0.3) is 5.91 Å². The van der Waals surface area contributed by atoms with Crippen LogP contribution in [0.15, 0.2) is 11.1 Å². The molecule has 1 aromatic carbocycles. The zero-order chi connectivity index (χ0) is 30.8. The Bertz CT molecular complexity index is 1340. The normalized spacial score (nSPS) is 31.5. The number of aliphatic imine (C=N–C) groups is 1. The van der Waals surface area contributed by atoms with Crippen molar-refractivity contribution in [3.8, 4) is 11.5 Å². The first-order chi connectivity index (χ1) is 19.6. The van der Waals surface area contributed by atoms with Gasteiger partial charge < -0.3 is 36.1 Å². The molecule has 1 amide bonds. The van der Waals surface area contributed by atoms with E-state index in [1.165, 1.54) is 17.9 Å². The molecule has 2 aliphatic heterocycles. The number of phenols is 1. The average Bonchev–Trinajstić information content (AvgIpc) is 3.21. The largest absolute Gasteiger partial charge is 0.508 e. The van der Waals surface area contributed by atoms with Crippen LogP contribution in [0.2, 0.25) is 0 Å². The van der Waals surface area contributed by atoms with Gasteiger partial charge in [0, 0.05) is 41.3 Å². The van der Waals surface area contributed by atoms with E-state index < -0.39 is 23.5 Å². The van der Waals surface area contributed by atoms with Crippen molar-refractivity contribution in [2.75, 3.05) is 6.54 Å². The molecule has 0 radical (unpaired) electrons. The number of fused-ring (bicyclic) bond motifs is 3. The highest BCUT2D eigenvalue weighted by Crippen LogP contribution is 2.67. The van der Waals surface area contributed by atoms with Gasteiger partial charge >= 0.3 is 11.9 Å². The van der Waals surface area contributed by atoms with Gasteiger partial charge in [0.15, 0.2) is 5.96 Å². The van der Waals surface area contributed by atoms with Gasteiger partial charge in [0.1, 0.15) is 29.2 Å². The van der Waals surface area contributed by atoms with Gasteiger partial charge in [-0.3, -0.25) is 14.6 Å². The molecule has 6 atom stereocenters. The van der Waals surface area contributed by atoms with Gasteiger partial charge in [-0.15, -0.1) is 0 Å². The van der Waals surface area contributed by atoms with Gasteiger partial charge in [-0.25, -0.2) is 4.79 Å². The van der Waals surface area contributed by atoms with Gasteiger partial charge in [0.2, 0.25) is 0 Å². The fourth-order valence-corrected chi connectivity index (χ4v) is 8.61. The highest BCUT2D eigenvalue weighted by Gasteiger charge is 2.68. The van der Waals surface area contributed by atoms with E-state index in [1.54, 1.807) is 0 Å². The number of benzene rings is 1. The molecule has 2 saturated carbocycles. The van der Waals surface area contributed by atoms with Gasteiger partial charge in [-0.05, 0) is 56.9 Å². The zero-order valence-corrected chi connectivity index (χ0v) is 25.2. The molecule has 1 spiro atoms. The number of aliphatic carboxylic acids is 1. The third-order valence-corrected chi connectivity index (χ3v) is 11.0. The van der Waals surface area contributed by atoms with Crippen molar-refractivity contribution in [2.45, 2.75) is 104 Å². The van der Waals surface area contributed by atoms with Crippen molar-refractivity contribution in [3.05, 3.63) is 22.8 Å². The zero-order valence-electron chi connectivity index (χ0n) is 25.2. The van der Waals surface area contributed by atoms with E-state index in [0.717, 1.165) is 12.8 Å². The molecule has 0 bridgehead atoms. The molecule has 1 unspecified atom stereocenters. The molecular weight excluding hydrogens is 540 g/mol. The number of amides is 1. The second-order valence-corrected chi connectivity index (χ2v) is 13.5. The number of guanidine groups is 1. The maximum absolute atomic E-state index is 13.6. The highest BCUT2D eigenvalue weighted by atomic mass is 16.5. The maximum atomic E-state index is 13.6. The van der Waals surface area contributed by atoms with Crippen molar-refractivity contribution in [3.63, 3.8) is 0 Å². The molecule has 4 aliphatic rings. The van der Waals surface area contributed by atoms with Crippen LogP contribution in [-0.2, 0) is 27.3 Å². The first-order valence-corrected chi connectivity index (χ1v) is 15.0. The van der Waals surface area contributed by atoms with Crippen molar-refractivity contribution >= 4 is 23.8 Å². The monoisotopic (exact) mass is 584 g/mol. The van der Waals surface area contributed by atoms with Gasteiger partial charge in [0.05, 0.1) is 12.1 Å². The van der Waals surface area contributed by atoms with Crippen LogP contribution in [0.4, 0.5) is 0 Å². The maximum Gasteiger partial charge on any atom is 0.326 e. The van der Waals surface area contributed by atoms with Crippen molar-refractivity contribution in [2.24, 2.45) is 39.1 Å². The molecule has 11 heteroatoms. The van der Waals surface area contributed by atoms with Gasteiger partial charge in [-0.2, -0.15) is 0 Å². The first kappa shape index (κ1) is 30.0. The summed E-state index contributed by atoms with van der Waals surface area (Å²) in [6.07, 6.45) is 4.09. The predicted molar refractivity (Wildman–Crippen MR) is 155 cm³/mol. The predicted octanol–water partition coefficient (Wildman–Crippen LogP) is 3.33.